The van der Waals surface area contributed by atoms with Crippen molar-refractivity contribution in [2.75, 3.05) is 16.8 Å². The second-order valence-electron chi connectivity index (χ2n) is 5.59. The number of benzene rings is 1. The summed E-state index contributed by atoms with van der Waals surface area (Å²) in [6.45, 7) is 8.24. The first-order valence-corrected chi connectivity index (χ1v) is 7.14. The molecule has 1 N–H and O–H groups in total. The Morgan fingerprint density at radius 1 is 1.35 bits per heavy atom. The van der Waals surface area contributed by atoms with Gasteiger partial charge in [0.25, 0.3) is 0 Å². The number of rotatable bonds is 3. The van der Waals surface area contributed by atoms with Gasteiger partial charge in [0.1, 0.15) is 12.2 Å². The van der Waals surface area contributed by atoms with E-state index in [9.17, 15) is 0 Å². The summed E-state index contributed by atoms with van der Waals surface area (Å²) in [5, 5.41) is 7.80. The molecule has 5 heteroatoms. The summed E-state index contributed by atoms with van der Waals surface area (Å²) in [6.07, 6.45) is 1.65. The Morgan fingerprint density at radius 2 is 2.15 bits per heavy atom. The van der Waals surface area contributed by atoms with E-state index in [0.29, 0.717) is 12.1 Å². The minimum absolute atomic E-state index is 0.334. The van der Waals surface area contributed by atoms with Gasteiger partial charge in [-0.05, 0) is 32.9 Å². The Balaban J connectivity index is 1.92. The van der Waals surface area contributed by atoms with Crippen molar-refractivity contribution in [3.05, 3.63) is 36.4 Å². The number of anilines is 2. The highest BCUT2D eigenvalue weighted by atomic mass is 15.4. The molecule has 2 heterocycles. The lowest BCUT2D eigenvalue weighted by molar-refractivity contribution is 0.493. The molecule has 0 amide bonds. The predicted molar refractivity (Wildman–Crippen MR) is 81.0 cm³/mol. The SMILES string of the molecule is CC1CNc2ccccc2N1Cc1ncnn1C(C)C. The number of nitrogens with one attached hydrogen (secondary N) is 1. The van der Waals surface area contributed by atoms with Crippen LogP contribution in [0.4, 0.5) is 11.4 Å². The van der Waals surface area contributed by atoms with Crippen molar-refractivity contribution < 1.29 is 0 Å². The van der Waals surface area contributed by atoms with Crippen molar-refractivity contribution >= 4 is 11.4 Å². The van der Waals surface area contributed by atoms with Crippen molar-refractivity contribution in [3.8, 4) is 0 Å². The summed E-state index contributed by atoms with van der Waals surface area (Å²) >= 11 is 0. The molecule has 0 saturated heterocycles. The molecule has 1 aliphatic heterocycles. The highest BCUT2D eigenvalue weighted by Gasteiger charge is 2.24. The fourth-order valence-corrected chi connectivity index (χ4v) is 2.69. The summed E-state index contributed by atoms with van der Waals surface area (Å²) in [5.74, 6) is 1.02. The van der Waals surface area contributed by atoms with Crippen LogP contribution >= 0.6 is 0 Å². The molecule has 1 aliphatic rings. The number of hydrogen-bond acceptors (Lipinski definition) is 4. The molecule has 5 nitrogen and oxygen atoms in total. The smallest absolute Gasteiger partial charge is 0.146 e. The van der Waals surface area contributed by atoms with Crippen molar-refractivity contribution in [1.82, 2.24) is 14.8 Å². The summed E-state index contributed by atoms with van der Waals surface area (Å²) in [7, 11) is 0. The molecule has 20 heavy (non-hydrogen) atoms. The minimum Gasteiger partial charge on any atom is -0.381 e. The van der Waals surface area contributed by atoms with Crippen molar-refractivity contribution in [3.63, 3.8) is 0 Å². The topological polar surface area (TPSA) is 46.0 Å². The monoisotopic (exact) mass is 271 g/mol. The Morgan fingerprint density at radius 3 is 2.95 bits per heavy atom. The molecule has 3 rings (SSSR count). The lowest BCUT2D eigenvalue weighted by Crippen LogP contribution is -2.42. The highest BCUT2D eigenvalue weighted by molar-refractivity contribution is 5.72. The molecule has 1 aromatic heterocycles. The van der Waals surface area contributed by atoms with Crippen LogP contribution in [0.5, 0.6) is 0 Å². The zero-order chi connectivity index (χ0) is 14.1. The molecule has 1 aromatic carbocycles. The van der Waals surface area contributed by atoms with Gasteiger partial charge < -0.3 is 10.2 Å². The average Bonchev–Trinajstić information content (AvgIpc) is 2.90. The standard InChI is InChI=1S/C15H21N5/c1-11(2)20-15(17-10-18-20)9-19-12(3)8-16-13-6-4-5-7-14(13)19/h4-7,10-12,16H,8-9H2,1-3H3. The molecule has 2 aromatic rings. The fraction of sp³-hybridized carbons (Fsp3) is 0.467. The van der Waals surface area contributed by atoms with Crippen LogP contribution < -0.4 is 10.2 Å². The third-order valence-corrected chi connectivity index (χ3v) is 3.78. The van der Waals surface area contributed by atoms with Crippen LogP contribution in [0.15, 0.2) is 30.6 Å². The Bertz CT molecular complexity index is 589. The van der Waals surface area contributed by atoms with Crippen molar-refractivity contribution in [1.29, 1.82) is 0 Å². The van der Waals surface area contributed by atoms with Crippen molar-refractivity contribution in [2.45, 2.75) is 39.4 Å². The number of fused-ring (bicyclic) bond motifs is 1. The van der Waals surface area contributed by atoms with E-state index in [-0.39, 0.29) is 0 Å². The zero-order valence-electron chi connectivity index (χ0n) is 12.2. The fourth-order valence-electron chi connectivity index (χ4n) is 2.69. The molecular formula is C15H21N5. The third-order valence-electron chi connectivity index (χ3n) is 3.78. The molecule has 0 saturated carbocycles. The first kappa shape index (κ1) is 13.0. The van der Waals surface area contributed by atoms with Gasteiger partial charge in [-0.2, -0.15) is 5.10 Å². The second-order valence-corrected chi connectivity index (χ2v) is 5.59. The molecule has 0 spiro atoms. The normalized spacial score (nSPS) is 18.0. The van der Waals surface area contributed by atoms with Gasteiger partial charge in [0, 0.05) is 18.6 Å². The Kier molecular flexibility index (Phi) is 3.34. The lowest BCUT2D eigenvalue weighted by Gasteiger charge is -2.37. The van der Waals surface area contributed by atoms with Gasteiger partial charge in [-0.15, -0.1) is 0 Å². The van der Waals surface area contributed by atoms with Gasteiger partial charge in [-0.25, -0.2) is 9.67 Å². The maximum atomic E-state index is 4.43. The van der Waals surface area contributed by atoms with Crippen LogP contribution in [0.1, 0.15) is 32.6 Å². The predicted octanol–water partition coefficient (Wildman–Crippen LogP) is 2.68. The number of hydrogen-bond donors (Lipinski definition) is 1. The molecule has 0 aliphatic carbocycles. The van der Waals surface area contributed by atoms with Gasteiger partial charge in [-0.3, -0.25) is 0 Å². The van der Waals surface area contributed by atoms with E-state index in [2.05, 4.69) is 65.3 Å². The summed E-state index contributed by atoms with van der Waals surface area (Å²) < 4.78 is 2.00. The third kappa shape index (κ3) is 2.24. The Hall–Kier alpha value is -2.04. The molecule has 0 bridgehead atoms. The van der Waals surface area contributed by atoms with E-state index in [1.165, 1.54) is 11.4 Å². The maximum Gasteiger partial charge on any atom is 0.146 e. The minimum atomic E-state index is 0.334. The van der Waals surface area contributed by atoms with Crippen LogP contribution in [0, 0.1) is 0 Å². The van der Waals surface area contributed by atoms with Gasteiger partial charge in [0.15, 0.2) is 0 Å². The largest absolute Gasteiger partial charge is 0.381 e. The van der Waals surface area contributed by atoms with Gasteiger partial charge in [0.05, 0.1) is 17.9 Å². The number of aromatic nitrogens is 3. The summed E-state index contributed by atoms with van der Waals surface area (Å²) in [4.78, 5) is 6.83. The number of para-hydroxylation sites is 2. The van der Waals surface area contributed by atoms with E-state index in [1.54, 1.807) is 6.33 Å². The van der Waals surface area contributed by atoms with E-state index >= 15 is 0 Å². The maximum absolute atomic E-state index is 4.43. The molecule has 106 valence electrons. The quantitative estimate of drug-likeness (QED) is 0.932. The van der Waals surface area contributed by atoms with E-state index in [1.807, 2.05) is 4.68 Å². The molecule has 1 unspecified atom stereocenters. The van der Waals surface area contributed by atoms with Crippen LogP contribution in [-0.2, 0) is 6.54 Å². The van der Waals surface area contributed by atoms with Crippen LogP contribution in [-0.4, -0.2) is 27.4 Å². The number of nitrogens with zero attached hydrogens (tertiary/aromatic N) is 4. The van der Waals surface area contributed by atoms with E-state index in [4.69, 9.17) is 0 Å². The Labute approximate surface area is 119 Å². The average molecular weight is 271 g/mol. The first-order chi connectivity index (χ1) is 9.66. The van der Waals surface area contributed by atoms with Crippen LogP contribution in [0.3, 0.4) is 0 Å². The molecule has 0 fully saturated rings. The van der Waals surface area contributed by atoms with Gasteiger partial charge in [-0.1, -0.05) is 12.1 Å². The van der Waals surface area contributed by atoms with Gasteiger partial charge in [0.2, 0.25) is 0 Å². The summed E-state index contributed by atoms with van der Waals surface area (Å²) in [5.41, 5.74) is 2.44. The molecule has 0 radical (unpaired) electrons. The van der Waals surface area contributed by atoms with Crippen molar-refractivity contribution in [2.24, 2.45) is 0 Å². The zero-order valence-corrected chi connectivity index (χ0v) is 12.2. The molecule has 1 atom stereocenters. The second kappa shape index (κ2) is 5.15. The van der Waals surface area contributed by atoms with Crippen LogP contribution in [0.2, 0.25) is 0 Å². The van der Waals surface area contributed by atoms with Gasteiger partial charge >= 0.3 is 0 Å². The first-order valence-electron chi connectivity index (χ1n) is 7.14. The summed E-state index contributed by atoms with van der Waals surface area (Å²) in [6, 6.07) is 9.20. The van der Waals surface area contributed by atoms with E-state index < -0.39 is 0 Å². The van der Waals surface area contributed by atoms with Crippen LogP contribution in [0.25, 0.3) is 0 Å². The highest BCUT2D eigenvalue weighted by Crippen LogP contribution is 2.32. The van der Waals surface area contributed by atoms with E-state index in [0.717, 1.165) is 18.9 Å². The molecular weight excluding hydrogens is 250 g/mol. The lowest BCUT2D eigenvalue weighted by atomic mass is 10.1.